The molecule has 2 aliphatic rings. The number of carbonyl (C=O) groups is 4. The van der Waals surface area contributed by atoms with Gasteiger partial charge in [-0.25, -0.2) is 4.98 Å². The molecule has 338 valence electrons. The number of fused-ring (bicyclic) bond motifs is 2. The maximum absolute atomic E-state index is 14.5. The molecular weight excluding hydrogens is 860 g/mol. The van der Waals surface area contributed by atoms with E-state index in [1.54, 1.807) is 54.7 Å². The van der Waals surface area contributed by atoms with Crippen molar-refractivity contribution in [3.63, 3.8) is 0 Å². The van der Waals surface area contributed by atoms with Crippen LogP contribution in [-0.2, 0) is 45.7 Å². The first-order valence-electron chi connectivity index (χ1n) is 20.8. The molecule has 6 rings (SSSR count). The number of likely N-dealkylation sites (N-methyl/N-ethyl adjacent to an activating group) is 1. The zero-order valence-corrected chi connectivity index (χ0v) is 37.5. The highest BCUT2D eigenvalue weighted by Crippen LogP contribution is 2.37. The fourth-order valence-corrected chi connectivity index (χ4v) is 8.89. The molecule has 2 saturated heterocycles. The van der Waals surface area contributed by atoms with Crippen LogP contribution in [0.15, 0.2) is 72.9 Å². The Morgan fingerprint density at radius 1 is 0.921 bits per heavy atom. The molecule has 4 atom stereocenters. The number of hydrogen-bond donors (Lipinski definition) is 1. The van der Waals surface area contributed by atoms with Crippen LogP contribution >= 0.6 is 23.2 Å². The van der Waals surface area contributed by atoms with Crippen molar-refractivity contribution in [3.8, 4) is 22.8 Å². The lowest BCUT2D eigenvalue weighted by molar-refractivity contribution is -0.166. The minimum Gasteiger partial charge on any atom is -0.457 e. The van der Waals surface area contributed by atoms with E-state index in [0.29, 0.717) is 40.7 Å². The molecule has 2 bridgehead atoms. The first-order chi connectivity index (χ1) is 29.8. The zero-order valence-electron chi connectivity index (χ0n) is 36.0. The lowest BCUT2D eigenvalue weighted by Gasteiger charge is -2.50. The molecule has 3 aromatic carbocycles. The minimum atomic E-state index is -4.81. The number of amides is 3. The number of ether oxygens (including phenoxy) is 1. The first kappa shape index (κ1) is 47.5. The van der Waals surface area contributed by atoms with Gasteiger partial charge in [0.1, 0.15) is 17.3 Å². The molecule has 17 heteroatoms. The third kappa shape index (κ3) is 11.4. The van der Waals surface area contributed by atoms with Crippen molar-refractivity contribution in [2.75, 3.05) is 40.8 Å². The summed E-state index contributed by atoms with van der Waals surface area (Å²) in [6.07, 6.45) is -4.95. The molecule has 3 heterocycles. The number of alkyl halides is 3. The molecule has 0 radical (unpaired) electrons. The van der Waals surface area contributed by atoms with E-state index in [1.165, 1.54) is 29.8 Å². The predicted molar refractivity (Wildman–Crippen MR) is 233 cm³/mol. The second kappa shape index (κ2) is 19.8. The zero-order chi connectivity index (χ0) is 45.8. The normalized spacial score (nSPS) is 21.9. The maximum Gasteiger partial charge on any atom is 0.389 e. The van der Waals surface area contributed by atoms with Gasteiger partial charge in [-0.15, -0.1) is 0 Å². The Kier molecular flexibility index (Phi) is 15.0. The van der Waals surface area contributed by atoms with Crippen LogP contribution in [-0.4, -0.2) is 116 Å². The van der Waals surface area contributed by atoms with E-state index < -0.39 is 79.0 Å². The smallest absolute Gasteiger partial charge is 0.389 e. The summed E-state index contributed by atoms with van der Waals surface area (Å²) in [5, 5.41) is 11.4. The fourth-order valence-electron chi connectivity index (χ4n) is 8.60. The number of benzene rings is 3. The van der Waals surface area contributed by atoms with Gasteiger partial charge in [0.25, 0.3) is 0 Å². The van der Waals surface area contributed by atoms with E-state index >= 15 is 0 Å². The Labute approximate surface area is 375 Å². The molecule has 1 aromatic heterocycles. The summed E-state index contributed by atoms with van der Waals surface area (Å²) in [5.41, 5.74) is 1.79. The third-order valence-corrected chi connectivity index (χ3v) is 12.7. The molecular formula is C46H53Cl2F3N6O6. The molecule has 2 fully saturated rings. The van der Waals surface area contributed by atoms with Crippen LogP contribution in [0.4, 0.5) is 13.2 Å². The number of rotatable bonds is 11. The molecule has 12 nitrogen and oxygen atoms in total. The van der Waals surface area contributed by atoms with Gasteiger partial charge in [-0.05, 0) is 94.4 Å². The number of aliphatic hydroxyl groups excluding tert-OH is 1. The number of Topliss-reactive ketones (excluding diaryl/α,β-unsaturated/α-hetero) is 1. The van der Waals surface area contributed by atoms with E-state index in [0.717, 1.165) is 27.5 Å². The monoisotopic (exact) mass is 912 g/mol. The lowest BCUT2D eigenvalue weighted by atomic mass is 9.80. The van der Waals surface area contributed by atoms with Crippen molar-refractivity contribution in [2.24, 2.45) is 18.9 Å². The van der Waals surface area contributed by atoms with Gasteiger partial charge < -0.3 is 34.0 Å². The van der Waals surface area contributed by atoms with Gasteiger partial charge in [0, 0.05) is 61.2 Å². The van der Waals surface area contributed by atoms with Gasteiger partial charge in [0.05, 0.1) is 61.4 Å². The van der Waals surface area contributed by atoms with Gasteiger partial charge in [-0.1, -0.05) is 41.4 Å². The Balaban J connectivity index is 1.33. The van der Waals surface area contributed by atoms with Crippen molar-refractivity contribution in [1.29, 1.82) is 0 Å². The van der Waals surface area contributed by atoms with Crippen molar-refractivity contribution in [1.82, 2.24) is 29.2 Å². The van der Waals surface area contributed by atoms with E-state index in [2.05, 4.69) is 4.98 Å². The van der Waals surface area contributed by atoms with E-state index in [9.17, 15) is 37.5 Å². The highest BCUT2D eigenvalue weighted by molar-refractivity contribution is 6.31. The number of imidazole rings is 1. The summed E-state index contributed by atoms with van der Waals surface area (Å²) >= 11 is 12.6. The van der Waals surface area contributed by atoms with Crippen molar-refractivity contribution >= 4 is 46.7 Å². The van der Waals surface area contributed by atoms with E-state index in [1.807, 2.05) is 42.7 Å². The molecule has 3 amide bonds. The average Bonchev–Trinajstić information content (AvgIpc) is 3.59. The number of ketones is 1. The molecule has 0 unspecified atom stereocenters. The number of aromatic nitrogens is 2. The summed E-state index contributed by atoms with van der Waals surface area (Å²) in [5.74, 6) is -4.45. The molecule has 0 aliphatic carbocycles. The summed E-state index contributed by atoms with van der Waals surface area (Å²) in [6, 6.07) is 17.5. The highest BCUT2D eigenvalue weighted by Gasteiger charge is 2.47. The Morgan fingerprint density at radius 2 is 1.60 bits per heavy atom. The predicted octanol–water partition coefficient (Wildman–Crippen LogP) is 7.57. The Bertz CT molecular complexity index is 2290. The van der Waals surface area contributed by atoms with Crippen LogP contribution < -0.4 is 4.74 Å². The minimum absolute atomic E-state index is 0.111. The number of piperidine rings is 1. The number of halogens is 5. The first-order valence-corrected chi connectivity index (χ1v) is 21.6. The van der Waals surface area contributed by atoms with Crippen LogP contribution in [0, 0.1) is 11.8 Å². The molecule has 0 spiro atoms. The third-order valence-electron chi connectivity index (χ3n) is 12.2. The molecule has 1 N–H and O–H groups in total. The van der Waals surface area contributed by atoms with E-state index in [-0.39, 0.29) is 31.8 Å². The summed E-state index contributed by atoms with van der Waals surface area (Å²) in [4.78, 5) is 67.8. The largest absolute Gasteiger partial charge is 0.457 e. The molecule has 0 saturated carbocycles. The van der Waals surface area contributed by atoms with Crippen LogP contribution in [0.1, 0.15) is 56.0 Å². The summed E-state index contributed by atoms with van der Waals surface area (Å²) < 4.78 is 51.3. The Morgan fingerprint density at radius 3 is 2.25 bits per heavy atom. The van der Waals surface area contributed by atoms with Crippen LogP contribution in [0.25, 0.3) is 11.3 Å². The highest BCUT2D eigenvalue weighted by atomic mass is 35.5. The molecule has 2 aliphatic heterocycles. The fraction of sp³-hybridized carbons (Fsp3) is 0.457. The number of hydrogen-bond acceptors (Lipinski definition) is 8. The second-order valence-electron chi connectivity index (χ2n) is 17.0. The molecule has 63 heavy (non-hydrogen) atoms. The average molecular weight is 914 g/mol. The lowest BCUT2D eigenvalue weighted by Crippen LogP contribution is -2.63. The number of nitrogens with zero attached hydrogens (tertiary/aromatic N) is 6. The quantitative estimate of drug-likeness (QED) is 0.163. The summed E-state index contributed by atoms with van der Waals surface area (Å²) in [7, 11) is 7.39. The van der Waals surface area contributed by atoms with Gasteiger partial charge in [-0.2, -0.15) is 13.2 Å². The number of carbonyl (C=O) groups excluding carboxylic acids is 4. The summed E-state index contributed by atoms with van der Waals surface area (Å²) in [6.45, 7) is 1.05. The van der Waals surface area contributed by atoms with Crippen LogP contribution in [0.5, 0.6) is 11.5 Å². The maximum atomic E-state index is 14.5. The Hall–Kier alpha value is -4.96. The SMILES string of the molecule is C[C@H]1C(=O)C[C@@H](CO)C(=O)N(C)[C@@]2(Cc3ccc(Cl)cc3)CCCN(C2)C(=O)[C@H](CC(F)(F)F)CC(=O)N1Cc1ccc(Cl)cc1Oc1ccc(-c2cnc(CN(C)C)n2C)cc1. The number of aliphatic hydroxyl groups is 1. The van der Waals surface area contributed by atoms with Crippen molar-refractivity contribution in [3.05, 3.63) is 99.9 Å². The van der Waals surface area contributed by atoms with Gasteiger partial charge in [0.15, 0.2) is 5.78 Å². The van der Waals surface area contributed by atoms with Gasteiger partial charge in [0.2, 0.25) is 17.7 Å². The standard InChI is InChI=1S/C46H53Cl2F3N6O6/c1-29-39(59)19-34(27-58)43(61)55(5)45(22-30-7-12-35(47)13-8-30)17-6-18-56(28-45)44(62)33(23-46(49,50)51)20-42(60)57(29)25-32-9-14-36(48)21-40(32)63-37-15-10-31(11-16-37)38-24-52-41(54(38)4)26-53(2)3/h7-16,21,24,29,33-34,58H,6,17-20,22-23,25-28H2,1-5H3/t29-,33-,34-,45+/m0/s1. The van der Waals surface area contributed by atoms with Crippen molar-refractivity contribution < 1.29 is 42.2 Å². The van der Waals surface area contributed by atoms with E-state index in [4.69, 9.17) is 27.9 Å². The molecule has 4 aromatic rings. The van der Waals surface area contributed by atoms with Crippen LogP contribution in [0.2, 0.25) is 10.0 Å². The topological polar surface area (TPSA) is 129 Å². The van der Waals surface area contributed by atoms with Crippen molar-refractivity contribution in [2.45, 2.75) is 76.3 Å². The second-order valence-corrected chi connectivity index (χ2v) is 17.9. The van der Waals surface area contributed by atoms with Gasteiger partial charge in [-0.3, -0.25) is 19.2 Å². The van der Waals surface area contributed by atoms with Gasteiger partial charge >= 0.3 is 6.18 Å². The van der Waals surface area contributed by atoms with Crippen LogP contribution in [0.3, 0.4) is 0 Å².